The molecule has 0 radical (unpaired) electrons. The highest BCUT2D eigenvalue weighted by Gasteiger charge is 2.76. The molecule has 12 nitrogen and oxygen atoms in total. The van der Waals surface area contributed by atoms with E-state index in [2.05, 4.69) is 15.9 Å². The van der Waals surface area contributed by atoms with Gasteiger partial charge in [-0.3, -0.25) is 39.1 Å². The lowest BCUT2D eigenvalue weighted by Crippen LogP contribution is -2.60. The molecule has 3 fully saturated rings. The average molecular weight is 709 g/mol. The van der Waals surface area contributed by atoms with Crippen molar-refractivity contribution in [3.63, 3.8) is 0 Å². The Morgan fingerprint density at radius 2 is 1.73 bits per heavy atom. The summed E-state index contributed by atoms with van der Waals surface area (Å²) in [4.78, 5) is 63.8. The molecule has 4 aliphatic rings. The van der Waals surface area contributed by atoms with Crippen LogP contribution < -0.4 is 14.4 Å². The topological polar surface area (TPSA) is 157 Å². The summed E-state index contributed by atoms with van der Waals surface area (Å²) >= 11 is 17.6. The Kier molecular flexibility index (Phi) is 7.21. The van der Waals surface area contributed by atoms with Gasteiger partial charge in [-0.2, -0.15) is 0 Å². The number of non-ortho nitro benzene ring substituents is 1. The number of nitro groups is 1. The lowest BCUT2D eigenvalue weighted by atomic mass is 9.56. The van der Waals surface area contributed by atoms with E-state index in [-0.39, 0.29) is 52.5 Å². The highest BCUT2D eigenvalue weighted by Crippen LogP contribution is 2.67. The van der Waals surface area contributed by atoms with Gasteiger partial charge in [-0.15, -0.1) is 23.2 Å². The molecule has 15 heteroatoms. The van der Waals surface area contributed by atoms with Crippen molar-refractivity contribution in [3.8, 4) is 17.2 Å². The van der Waals surface area contributed by atoms with E-state index in [9.17, 15) is 34.4 Å². The van der Waals surface area contributed by atoms with E-state index in [0.29, 0.717) is 5.57 Å². The highest BCUT2D eigenvalue weighted by atomic mass is 79.9. The summed E-state index contributed by atoms with van der Waals surface area (Å²) in [5.41, 5.74) is 0.284. The van der Waals surface area contributed by atoms with Crippen molar-refractivity contribution in [1.29, 1.82) is 0 Å². The molecule has 0 unspecified atom stereocenters. The molecule has 4 amide bonds. The van der Waals surface area contributed by atoms with Crippen molar-refractivity contribution in [2.75, 3.05) is 24.6 Å². The highest BCUT2D eigenvalue weighted by molar-refractivity contribution is 9.09. The summed E-state index contributed by atoms with van der Waals surface area (Å²) in [5.74, 6) is -6.57. The summed E-state index contributed by atoms with van der Waals surface area (Å²) in [6.45, 7) is 0. The Morgan fingerprint density at radius 1 is 1.05 bits per heavy atom. The fourth-order valence-corrected chi connectivity index (χ4v) is 8.62. The van der Waals surface area contributed by atoms with Gasteiger partial charge >= 0.3 is 0 Å². The zero-order valence-electron chi connectivity index (χ0n) is 23.2. The number of phenolic OH excluding ortho intramolecular Hbond substituents is 1. The molecule has 2 aliphatic heterocycles. The molecule has 6 atom stereocenters. The van der Waals surface area contributed by atoms with E-state index in [4.69, 9.17) is 32.7 Å². The fourth-order valence-electron chi connectivity index (χ4n) is 7.21. The largest absolute Gasteiger partial charge is 0.507 e. The lowest BCUT2D eigenvalue weighted by Gasteiger charge is -2.51. The van der Waals surface area contributed by atoms with Crippen LogP contribution in [0.15, 0.2) is 48.0 Å². The Bertz CT molecular complexity index is 1680. The summed E-state index contributed by atoms with van der Waals surface area (Å²) < 4.78 is 10.9. The average Bonchev–Trinajstić information content (AvgIpc) is 3.34. The van der Waals surface area contributed by atoms with Crippen molar-refractivity contribution in [2.24, 2.45) is 17.8 Å². The Balaban J connectivity index is 1.53. The van der Waals surface area contributed by atoms with Gasteiger partial charge in [0.15, 0.2) is 9.75 Å². The predicted molar refractivity (Wildman–Crippen MR) is 160 cm³/mol. The van der Waals surface area contributed by atoms with Gasteiger partial charge in [-0.1, -0.05) is 27.6 Å². The molecule has 0 aromatic heterocycles. The minimum atomic E-state index is -2.14. The Morgan fingerprint density at radius 3 is 2.32 bits per heavy atom. The van der Waals surface area contributed by atoms with Crippen LogP contribution in [-0.4, -0.2) is 68.0 Å². The molecule has 44 heavy (non-hydrogen) atoms. The van der Waals surface area contributed by atoms with Crippen LogP contribution in [0, 0.1) is 27.9 Å². The molecular weight excluding hydrogens is 685 g/mol. The van der Waals surface area contributed by atoms with Gasteiger partial charge in [-0.05, 0) is 30.9 Å². The first-order valence-corrected chi connectivity index (χ1v) is 15.3. The standard InChI is InChI=1S/C29H24BrCl2N3O9/c1-43-15-9-19(36)22(20(10-15)44-2)23-16-7-8-17-21(18(16)11-28(31)26(39)33(12-30)27(40)29(23,28)32)25(38)34(24(17)37)13-3-5-14(6-4-13)35(41)42/h3-7,9-10,17-18,21,23,36H,8,11-12H2,1-2H3/t17-,18+,21-,23+,28+,29-/m0/s1. The molecule has 2 saturated heterocycles. The van der Waals surface area contributed by atoms with Crippen molar-refractivity contribution in [3.05, 3.63) is 63.7 Å². The molecule has 0 bridgehead atoms. The van der Waals surface area contributed by atoms with E-state index >= 15 is 0 Å². The molecular formula is C29H24BrCl2N3O9. The molecule has 2 aliphatic carbocycles. The monoisotopic (exact) mass is 707 g/mol. The normalized spacial score (nSPS) is 31.0. The van der Waals surface area contributed by atoms with Gasteiger partial charge < -0.3 is 14.6 Å². The molecule has 230 valence electrons. The Hall–Kier alpha value is -3.68. The van der Waals surface area contributed by atoms with E-state index < -0.39 is 62.0 Å². The number of fused-ring (bicyclic) bond motifs is 4. The van der Waals surface area contributed by atoms with Crippen LogP contribution in [0.3, 0.4) is 0 Å². The van der Waals surface area contributed by atoms with Crippen LogP contribution in [-0.2, 0) is 19.2 Å². The number of anilines is 1. The lowest BCUT2D eigenvalue weighted by molar-refractivity contribution is -0.384. The number of likely N-dealkylation sites (tertiary alicyclic amines) is 1. The quantitative estimate of drug-likeness (QED) is 0.116. The number of carbonyl (C=O) groups excluding carboxylic acids is 4. The van der Waals surface area contributed by atoms with Gasteiger partial charge in [0.05, 0.1) is 42.1 Å². The van der Waals surface area contributed by atoms with E-state index in [1.54, 1.807) is 6.08 Å². The van der Waals surface area contributed by atoms with Crippen LogP contribution in [0.2, 0.25) is 0 Å². The SMILES string of the molecule is COc1cc(O)c([C@H]2C3=CC[C@@H]4C(=O)N(c5ccc([N+](=O)[O-])cc5)C(=O)[C@@H]4[C@@H]3C[C@@]3(Cl)C(=O)N(CBr)C(=O)[C@@]23Cl)c(OC)c1. The second-order valence-electron chi connectivity index (χ2n) is 11.0. The number of benzene rings is 2. The number of halogens is 3. The minimum absolute atomic E-state index is 0.0734. The number of hydrogen-bond acceptors (Lipinski definition) is 9. The first-order chi connectivity index (χ1) is 20.8. The van der Waals surface area contributed by atoms with Crippen LogP contribution in [0.4, 0.5) is 11.4 Å². The number of nitro benzene ring substituents is 1. The molecule has 1 saturated carbocycles. The second kappa shape index (κ2) is 10.5. The molecule has 1 N–H and O–H groups in total. The van der Waals surface area contributed by atoms with Crippen molar-refractivity contribution in [2.45, 2.75) is 28.5 Å². The maximum absolute atomic E-state index is 14.1. The van der Waals surface area contributed by atoms with Crippen molar-refractivity contribution < 1.29 is 38.7 Å². The number of imide groups is 2. The third-order valence-corrected chi connectivity index (χ3v) is 11.1. The number of amides is 4. The van der Waals surface area contributed by atoms with Crippen LogP contribution >= 0.6 is 39.1 Å². The number of ether oxygens (including phenoxy) is 2. The number of hydrogen-bond donors (Lipinski definition) is 1. The molecule has 2 aromatic rings. The number of methoxy groups -OCH3 is 2. The van der Waals surface area contributed by atoms with E-state index in [0.717, 1.165) is 9.80 Å². The van der Waals surface area contributed by atoms with Gasteiger partial charge in [0, 0.05) is 35.7 Å². The molecule has 6 rings (SSSR count). The number of allylic oxidation sites excluding steroid dienone is 2. The van der Waals surface area contributed by atoms with Gasteiger partial charge in [-0.25, -0.2) is 0 Å². The molecule has 0 spiro atoms. The maximum atomic E-state index is 14.1. The third kappa shape index (κ3) is 3.88. The first-order valence-electron chi connectivity index (χ1n) is 13.4. The smallest absolute Gasteiger partial charge is 0.269 e. The summed E-state index contributed by atoms with van der Waals surface area (Å²) in [6, 6.07) is 7.85. The predicted octanol–water partition coefficient (Wildman–Crippen LogP) is 4.23. The van der Waals surface area contributed by atoms with Crippen LogP contribution in [0.5, 0.6) is 17.2 Å². The van der Waals surface area contributed by atoms with Crippen LogP contribution in [0.1, 0.15) is 24.3 Å². The minimum Gasteiger partial charge on any atom is -0.507 e. The summed E-state index contributed by atoms with van der Waals surface area (Å²) in [5, 5.41) is 22.5. The number of aromatic hydroxyl groups is 1. The van der Waals surface area contributed by atoms with E-state index in [1.165, 1.54) is 50.6 Å². The van der Waals surface area contributed by atoms with Gasteiger partial charge in [0.25, 0.3) is 17.5 Å². The van der Waals surface area contributed by atoms with Gasteiger partial charge in [0.1, 0.15) is 17.2 Å². The van der Waals surface area contributed by atoms with Crippen LogP contribution in [0.25, 0.3) is 0 Å². The number of carbonyl (C=O) groups is 4. The molecule has 2 aromatic carbocycles. The van der Waals surface area contributed by atoms with Gasteiger partial charge in [0.2, 0.25) is 11.8 Å². The first kappa shape index (κ1) is 30.4. The van der Waals surface area contributed by atoms with E-state index in [1.807, 2.05) is 0 Å². The summed E-state index contributed by atoms with van der Waals surface area (Å²) in [6.07, 6.45) is 1.56. The fraction of sp³-hybridized carbons (Fsp3) is 0.379. The maximum Gasteiger partial charge on any atom is 0.269 e. The van der Waals surface area contributed by atoms with Crippen molar-refractivity contribution in [1.82, 2.24) is 4.90 Å². The number of phenols is 1. The second-order valence-corrected chi connectivity index (χ2v) is 12.8. The number of nitrogens with zero attached hydrogens (tertiary/aromatic N) is 3. The van der Waals surface area contributed by atoms with Crippen molar-refractivity contribution >= 4 is 74.1 Å². The Labute approximate surface area is 268 Å². The third-order valence-electron chi connectivity index (χ3n) is 9.17. The zero-order valence-corrected chi connectivity index (χ0v) is 26.3. The number of alkyl halides is 3. The number of rotatable bonds is 6. The summed E-state index contributed by atoms with van der Waals surface area (Å²) in [7, 11) is 2.75. The molecule has 2 heterocycles. The zero-order chi connectivity index (χ0) is 31.9.